The third-order valence-electron chi connectivity index (χ3n) is 5.30. The number of pyridine rings is 1. The Morgan fingerprint density at radius 3 is 2.81 bits per heavy atom. The molecule has 27 heavy (non-hydrogen) atoms. The molecule has 5 nitrogen and oxygen atoms in total. The molecule has 2 N–H and O–H groups in total. The summed E-state index contributed by atoms with van der Waals surface area (Å²) in [4.78, 5) is 22.9. The normalized spacial score (nSPS) is 14.5. The lowest BCUT2D eigenvalue weighted by Crippen LogP contribution is -2.32. The second-order valence-electron chi connectivity index (χ2n) is 7.44. The second kappa shape index (κ2) is 7.43. The maximum Gasteiger partial charge on any atom is 0.267 e. The zero-order chi connectivity index (χ0) is 18.8. The first kappa shape index (κ1) is 17.6. The molecule has 1 fully saturated rings. The average Bonchev–Trinajstić information content (AvgIpc) is 3.11. The van der Waals surface area contributed by atoms with Crippen LogP contribution >= 0.6 is 0 Å². The molecule has 0 aliphatic carbocycles. The standard InChI is InChI=1S/C22H26N4O/c1-15-11-16(2)18-13-20(25-19(18)12-15)22(27)24-14-17-7-6-8-23-21(17)26-9-4-3-5-10-26/h6-8,11-13,25H,3-5,9-10,14H2,1-2H3,(H,24,27). The van der Waals surface area contributed by atoms with Gasteiger partial charge in [0.25, 0.3) is 5.91 Å². The number of aromatic amines is 1. The summed E-state index contributed by atoms with van der Waals surface area (Å²) < 4.78 is 0. The van der Waals surface area contributed by atoms with Gasteiger partial charge in [-0.15, -0.1) is 0 Å². The van der Waals surface area contributed by atoms with Crippen LogP contribution in [-0.2, 0) is 6.54 Å². The van der Waals surface area contributed by atoms with E-state index < -0.39 is 0 Å². The van der Waals surface area contributed by atoms with Crippen LogP contribution in [0.4, 0.5) is 5.82 Å². The number of benzene rings is 1. The van der Waals surface area contributed by atoms with Crippen LogP contribution in [0.25, 0.3) is 10.9 Å². The summed E-state index contributed by atoms with van der Waals surface area (Å²) in [6.45, 7) is 6.70. The van der Waals surface area contributed by atoms with Gasteiger partial charge >= 0.3 is 0 Å². The van der Waals surface area contributed by atoms with Gasteiger partial charge in [0, 0.05) is 42.3 Å². The van der Waals surface area contributed by atoms with Gasteiger partial charge in [0.05, 0.1) is 0 Å². The predicted molar refractivity (Wildman–Crippen MR) is 109 cm³/mol. The Balaban J connectivity index is 1.51. The van der Waals surface area contributed by atoms with Crippen molar-refractivity contribution < 1.29 is 4.79 Å². The van der Waals surface area contributed by atoms with Crippen LogP contribution in [0.15, 0.2) is 36.5 Å². The molecule has 1 amide bonds. The van der Waals surface area contributed by atoms with E-state index in [-0.39, 0.29) is 5.91 Å². The summed E-state index contributed by atoms with van der Waals surface area (Å²) in [6, 6.07) is 10.1. The number of anilines is 1. The molecule has 5 heteroatoms. The highest BCUT2D eigenvalue weighted by Crippen LogP contribution is 2.23. The molecule has 0 spiro atoms. The smallest absolute Gasteiger partial charge is 0.267 e. The Labute approximate surface area is 159 Å². The molecule has 0 saturated carbocycles. The van der Waals surface area contributed by atoms with E-state index in [0.717, 1.165) is 35.4 Å². The Kier molecular flexibility index (Phi) is 4.84. The molecule has 1 aromatic carbocycles. The van der Waals surface area contributed by atoms with Crippen LogP contribution in [0.5, 0.6) is 0 Å². The van der Waals surface area contributed by atoms with Crippen molar-refractivity contribution in [2.75, 3.05) is 18.0 Å². The molecular formula is C22H26N4O. The number of aryl methyl sites for hydroxylation is 2. The van der Waals surface area contributed by atoms with Crippen LogP contribution in [0.3, 0.4) is 0 Å². The molecular weight excluding hydrogens is 336 g/mol. The number of H-pyrrole nitrogens is 1. The summed E-state index contributed by atoms with van der Waals surface area (Å²) in [5.74, 6) is 0.914. The number of fused-ring (bicyclic) bond motifs is 1. The van der Waals surface area contributed by atoms with Crippen molar-refractivity contribution in [3.05, 3.63) is 58.9 Å². The van der Waals surface area contributed by atoms with E-state index in [1.807, 2.05) is 18.3 Å². The lowest BCUT2D eigenvalue weighted by molar-refractivity contribution is 0.0947. The van der Waals surface area contributed by atoms with E-state index in [1.54, 1.807) is 0 Å². The number of carbonyl (C=O) groups excluding carboxylic acids is 1. The van der Waals surface area contributed by atoms with Crippen molar-refractivity contribution in [1.82, 2.24) is 15.3 Å². The molecule has 0 unspecified atom stereocenters. The number of hydrogen-bond acceptors (Lipinski definition) is 3. The fourth-order valence-corrected chi connectivity index (χ4v) is 3.95. The SMILES string of the molecule is Cc1cc(C)c2cc(C(=O)NCc3cccnc3N3CCCCC3)[nH]c2c1. The highest BCUT2D eigenvalue weighted by atomic mass is 16.1. The van der Waals surface area contributed by atoms with Crippen molar-refractivity contribution >= 4 is 22.6 Å². The monoisotopic (exact) mass is 362 g/mol. The predicted octanol–water partition coefficient (Wildman–Crippen LogP) is 4.10. The second-order valence-corrected chi connectivity index (χ2v) is 7.44. The van der Waals surface area contributed by atoms with E-state index in [9.17, 15) is 4.79 Å². The van der Waals surface area contributed by atoms with E-state index in [2.05, 4.69) is 52.2 Å². The van der Waals surface area contributed by atoms with Crippen LogP contribution in [0.1, 0.15) is 46.4 Å². The van der Waals surface area contributed by atoms with E-state index in [1.165, 1.54) is 30.4 Å². The van der Waals surface area contributed by atoms with Gasteiger partial charge in [-0.25, -0.2) is 4.98 Å². The summed E-state index contributed by atoms with van der Waals surface area (Å²) >= 11 is 0. The lowest BCUT2D eigenvalue weighted by atomic mass is 10.1. The summed E-state index contributed by atoms with van der Waals surface area (Å²) in [5, 5.41) is 4.15. The third kappa shape index (κ3) is 3.68. The fraction of sp³-hybridized carbons (Fsp3) is 0.364. The van der Waals surface area contributed by atoms with Crippen molar-refractivity contribution in [3.63, 3.8) is 0 Å². The quantitative estimate of drug-likeness (QED) is 0.734. The van der Waals surface area contributed by atoms with Crippen LogP contribution in [-0.4, -0.2) is 29.0 Å². The van der Waals surface area contributed by atoms with Crippen molar-refractivity contribution in [2.24, 2.45) is 0 Å². The van der Waals surface area contributed by atoms with Gasteiger partial charge in [0.15, 0.2) is 0 Å². The summed E-state index contributed by atoms with van der Waals surface area (Å²) in [5.41, 5.74) is 5.04. The average molecular weight is 362 g/mol. The number of piperidine rings is 1. The van der Waals surface area contributed by atoms with Gasteiger partial charge in [-0.2, -0.15) is 0 Å². The number of amides is 1. The molecule has 3 aromatic rings. The molecule has 140 valence electrons. The molecule has 4 rings (SSSR count). The van der Waals surface area contributed by atoms with Gasteiger partial charge in [-0.05, 0) is 62.4 Å². The molecule has 2 aromatic heterocycles. The van der Waals surface area contributed by atoms with Crippen LogP contribution in [0, 0.1) is 13.8 Å². The minimum Gasteiger partial charge on any atom is -0.356 e. The molecule has 0 atom stereocenters. The minimum atomic E-state index is -0.0864. The number of hydrogen-bond donors (Lipinski definition) is 2. The molecule has 3 heterocycles. The van der Waals surface area contributed by atoms with E-state index >= 15 is 0 Å². The number of rotatable bonds is 4. The van der Waals surface area contributed by atoms with E-state index in [0.29, 0.717) is 12.2 Å². The van der Waals surface area contributed by atoms with Gasteiger partial charge in [0.2, 0.25) is 0 Å². The van der Waals surface area contributed by atoms with Gasteiger partial charge in [-0.1, -0.05) is 12.1 Å². The topological polar surface area (TPSA) is 61.0 Å². The molecule has 1 saturated heterocycles. The highest BCUT2D eigenvalue weighted by Gasteiger charge is 2.17. The van der Waals surface area contributed by atoms with Gasteiger partial charge in [0.1, 0.15) is 11.5 Å². The zero-order valence-corrected chi connectivity index (χ0v) is 16.0. The maximum atomic E-state index is 12.7. The Morgan fingerprint density at radius 1 is 1.19 bits per heavy atom. The van der Waals surface area contributed by atoms with E-state index in [4.69, 9.17) is 0 Å². The minimum absolute atomic E-state index is 0.0864. The van der Waals surface area contributed by atoms with Gasteiger partial charge < -0.3 is 15.2 Å². The van der Waals surface area contributed by atoms with Crippen molar-refractivity contribution in [3.8, 4) is 0 Å². The Bertz CT molecular complexity index is 970. The van der Waals surface area contributed by atoms with Crippen LogP contribution in [0.2, 0.25) is 0 Å². The number of aromatic nitrogens is 2. The number of nitrogens with zero attached hydrogens (tertiary/aromatic N) is 2. The third-order valence-corrected chi connectivity index (χ3v) is 5.30. The number of carbonyl (C=O) groups is 1. The summed E-state index contributed by atoms with van der Waals surface area (Å²) in [7, 11) is 0. The largest absolute Gasteiger partial charge is 0.356 e. The zero-order valence-electron chi connectivity index (χ0n) is 16.0. The Morgan fingerprint density at radius 2 is 2.00 bits per heavy atom. The number of nitrogens with one attached hydrogen (secondary N) is 2. The fourth-order valence-electron chi connectivity index (χ4n) is 3.95. The van der Waals surface area contributed by atoms with Crippen LogP contribution < -0.4 is 10.2 Å². The first-order valence-electron chi connectivity index (χ1n) is 9.69. The first-order chi connectivity index (χ1) is 13.1. The van der Waals surface area contributed by atoms with Crippen molar-refractivity contribution in [2.45, 2.75) is 39.7 Å². The summed E-state index contributed by atoms with van der Waals surface area (Å²) in [6.07, 6.45) is 5.53. The molecule has 1 aliphatic rings. The Hall–Kier alpha value is -2.82. The first-order valence-corrected chi connectivity index (χ1v) is 9.69. The highest BCUT2D eigenvalue weighted by molar-refractivity contribution is 5.99. The molecule has 0 radical (unpaired) electrons. The van der Waals surface area contributed by atoms with Gasteiger partial charge in [-0.3, -0.25) is 4.79 Å². The maximum absolute atomic E-state index is 12.7. The van der Waals surface area contributed by atoms with Crippen molar-refractivity contribution in [1.29, 1.82) is 0 Å². The lowest BCUT2D eigenvalue weighted by Gasteiger charge is -2.29. The molecule has 1 aliphatic heterocycles. The molecule has 0 bridgehead atoms.